The van der Waals surface area contributed by atoms with Crippen LogP contribution in [0.5, 0.6) is 0 Å². The van der Waals surface area contributed by atoms with Crippen LogP contribution in [0, 0.1) is 13.8 Å². The van der Waals surface area contributed by atoms with Crippen LogP contribution in [-0.2, 0) is 17.6 Å². The maximum Gasteiger partial charge on any atom is 0.224 e. The first-order chi connectivity index (χ1) is 12.5. The molecule has 0 saturated heterocycles. The van der Waals surface area contributed by atoms with Crippen LogP contribution in [0.15, 0.2) is 48.7 Å². The van der Waals surface area contributed by atoms with Crippen molar-refractivity contribution in [3.05, 3.63) is 76.3 Å². The standard InChI is InChI=1S/C20H21ClN4O/c1-14-19(13-20(26)23-12-10-17-5-3-4-11-22-17)15(2)25(24-14)18-8-6-16(21)7-9-18/h3-9,11H,10,12-13H2,1-2H3,(H,23,26). The number of halogens is 1. The van der Waals surface area contributed by atoms with Gasteiger partial charge in [-0.2, -0.15) is 5.10 Å². The molecule has 134 valence electrons. The lowest BCUT2D eigenvalue weighted by Crippen LogP contribution is -2.27. The first-order valence-corrected chi connectivity index (χ1v) is 8.90. The maximum absolute atomic E-state index is 12.3. The number of nitrogens with one attached hydrogen (secondary N) is 1. The second-order valence-electron chi connectivity index (χ2n) is 6.14. The summed E-state index contributed by atoms with van der Waals surface area (Å²) in [5.41, 5.74) is 4.67. The average Bonchev–Trinajstić information content (AvgIpc) is 2.91. The number of rotatable bonds is 6. The summed E-state index contributed by atoms with van der Waals surface area (Å²) in [6, 6.07) is 13.3. The van der Waals surface area contributed by atoms with E-state index in [0.717, 1.165) is 28.3 Å². The number of hydrogen-bond acceptors (Lipinski definition) is 3. The molecule has 0 saturated carbocycles. The molecule has 1 N–H and O–H groups in total. The largest absolute Gasteiger partial charge is 0.355 e. The van der Waals surface area contributed by atoms with Crippen molar-refractivity contribution in [1.29, 1.82) is 0 Å². The van der Waals surface area contributed by atoms with E-state index in [2.05, 4.69) is 15.4 Å². The molecule has 0 spiro atoms. The molecule has 5 nitrogen and oxygen atoms in total. The predicted molar refractivity (Wildman–Crippen MR) is 103 cm³/mol. The van der Waals surface area contributed by atoms with Crippen LogP contribution in [0.2, 0.25) is 5.02 Å². The summed E-state index contributed by atoms with van der Waals surface area (Å²) in [4.78, 5) is 16.6. The number of aryl methyl sites for hydroxylation is 1. The van der Waals surface area contributed by atoms with Crippen molar-refractivity contribution in [2.45, 2.75) is 26.7 Å². The van der Waals surface area contributed by atoms with Gasteiger partial charge < -0.3 is 5.32 Å². The van der Waals surface area contributed by atoms with Crippen LogP contribution in [0.25, 0.3) is 5.69 Å². The van der Waals surface area contributed by atoms with Gasteiger partial charge in [0.25, 0.3) is 0 Å². The van der Waals surface area contributed by atoms with Gasteiger partial charge in [-0.1, -0.05) is 17.7 Å². The highest BCUT2D eigenvalue weighted by molar-refractivity contribution is 6.30. The number of aromatic nitrogens is 3. The van der Waals surface area contributed by atoms with Crippen molar-refractivity contribution in [1.82, 2.24) is 20.1 Å². The minimum atomic E-state index is -0.0113. The Bertz CT molecular complexity index is 888. The fraction of sp³-hybridized carbons (Fsp3) is 0.250. The number of carbonyl (C=O) groups excluding carboxylic acids is 1. The monoisotopic (exact) mass is 368 g/mol. The van der Waals surface area contributed by atoms with E-state index in [9.17, 15) is 4.79 Å². The smallest absolute Gasteiger partial charge is 0.224 e. The third-order valence-corrected chi connectivity index (χ3v) is 4.53. The van der Waals surface area contributed by atoms with Gasteiger partial charge in [0, 0.05) is 41.1 Å². The highest BCUT2D eigenvalue weighted by Gasteiger charge is 2.15. The van der Waals surface area contributed by atoms with Gasteiger partial charge in [-0.3, -0.25) is 9.78 Å². The molecule has 0 aliphatic heterocycles. The lowest BCUT2D eigenvalue weighted by molar-refractivity contribution is -0.120. The van der Waals surface area contributed by atoms with Gasteiger partial charge in [0.1, 0.15) is 0 Å². The van der Waals surface area contributed by atoms with Crippen molar-refractivity contribution in [3.8, 4) is 5.69 Å². The molecule has 3 rings (SSSR count). The fourth-order valence-electron chi connectivity index (χ4n) is 2.86. The molecule has 1 aromatic carbocycles. The van der Waals surface area contributed by atoms with Crippen molar-refractivity contribution < 1.29 is 4.79 Å². The molecule has 0 radical (unpaired) electrons. The molecule has 1 amide bonds. The van der Waals surface area contributed by atoms with E-state index in [-0.39, 0.29) is 5.91 Å². The molecule has 6 heteroatoms. The summed E-state index contributed by atoms with van der Waals surface area (Å²) in [6.07, 6.45) is 2.79. The molecule has 2 aromatic heterocycles. The minimum absolute atomic E-state index is 0.0113. The quantitative estimate of drug-likeness (QED) is 0.725. The highest BCUT2D eigenvalue weighted by atomic mass is 35.5. The molecule has 0 aliphatic carbocycles. The number of amides is 1. The van der Waals surface area contributed by atoms with Gasteiger partial charge in [0.15, 0.2) is 0 Å². The first kappa shape index (κ1) is 18.1. The lowest BCUT2D eigenvalue weighted by atomic mass is 10.1. The topological polar surface area (TPSA) is 59.8 Å². The molecule has 0 aliphatic rings. The zero-order chi connectivity index (χ0) is 18.5. The Morgan fingerprint density at radius 2 is 1.92 bits per heavy atom. The van der Waals surface area contributed by atoms with E-state index in [1.807, 2.05) is 61.0 Å². The van der Waals surface area contributed by atoms with Crippen LogP contribution in [0.3, 0.4) is 0 Å². The molecule has 2 heterocycles. The van der Waals surface area contributed by atoms with Gasteiger partial charge in [-0.25, -0.2) is 4.68 Å². The Hall–Kier alpha value is -2.66. The van der Waals surface area contributed by atoms with E-state index in [0.29, 0.717) is 24.4 Å². The Kier molecular flexibility index (Phi) is 5.68. The van der Waals surface area contributed by atoms with Crippen molar-refractivity contribution in [3.63, 3.8) is 0 Å². The van der Waals surface area contributed by atoms with Crippen molar-refractivity contribution >= 4 is 17.5 Å². The highest BCUT2D eigenvalue weighted by Crippen LogP contribution is 2.20. The normalized spacial score (nSPS) is 10.7. The van der Waals surface area contributed by atoms with E-state index < -0.39 is 0 Å². The van der Waals surface area contributed by atoms with Crippen molar-refractivity contribution in [2.75, 3.05) is 6.54 Å². The third-order valence-electron chi connectivity index (χ3n) is 4.28. The molecule has 26 heavy (non-hydrogen) atoms. The number of pyridine rings is 1. The van der Waals surface area contributed by atoms with Gasteiger partial charge in [0.2, 0.25) is 5.91 Å². The van der Waals surface area contributed by atoms with Crippen molar-refractivity contribution in [2.24, 2.45) is 0 Å². The summed E-state index contributed by atoms with van der Waals surface area (Å²) in [7, 11) is 0. The summed E-state index contributed by atoms with van der Waals surface area (Å²) in [6.45, 7) is 4.47. The predicted octanol–water partition coefficient (Wildman–Crippen LogP) is 3.44. The SMILES string of the molecule is Cc1nn(-c2ccc(Cl)cc2)c(C)c1CC(=O)NCCc1ccccn1. The average molecular weight is 369 g/mol. The molecule has 3 aromatic rings. The van der Waals surface area contributed by atoms with Crippen LogP contribution < -0.4 is 5.32 Å². The molecular formula is C20H21ClN4O. The minimum Gasteiger partial charge on any atom is -0.355 e. The molecule has 0 bridgehead atoms. The summed E-state index contributed by atoms with van der Waals surface area (Å²) in [5, 5.41) is 8.21. The van der Waals surface area contributed by atoms with E-state index in [4.69, 9.17) is 11.6 Å². The van der Waals surface area contributed by atoms with E-state index in [1.165, 1.54) is 0 Å². The summed E-state index contributed by atoms with van der Waals surface area (Å²) in [5.74, 6) is -0.0113. The van der Waals surface area contributed by atoms with Gasteiger partial charge in [0.05, 0.1) is 17.8 Å². The van der Waals surface area contributed by atoms with Crippen LogP contribution in [-0.4, -0.2) is 27.2 Å². The lowest BCUT2D eigenvalue weighted by Gasteiger charge is -2.07. The summed E-state index contributed by atoms with van der Waals surface area (Å²) < 4.78 is 1.85. The Morgan fingerprint density at radius 1 is 1.15 bits per heavy atom. The van der Waals surface area contributed by atoms with Gasteiger partial charge in [-0.05, 0) is 50.2 Å². The fourth-order valence-corrected chi connectivity index (χ4v) is 2.99. The maximum atomic E-state index is 12.3. The van der Waals surface area contributed by atoms with Gasteiger partial charge >= 0.3 is 0 Å². The molecule has 0 atom stereocenters. The van der Waals surface area contributed by atoms with E-state index >= 15 is 0 Å². The molecular weight excluding hydrogens is 348 g/mol. The number of hydrogen-bond donors (Lipinski definition) is 1. The second kappa shape index (κ2) is 8.15. The molecule has 0 fully saturated rings. The number of carbonyl (C=O) groups is 1. The number of nitrogens with zero attached hydrogens (tertiary/aromatic N) is 3. The zero-order valence-corrected chi connectivity index (χ0v) is 15.6. The first-order valence-electron chi connectivity index (χ1n) is 8.52. The number of benzene rings is 1. The van der Waals surface area contributed by atoms with Crippen LogP contribution in [0.1, 0.15) is 22.6 Å². The zero-order valence-electron chi connectivity index (χ0n) is 14.9. The second-order valence-corrected chi connectivity index (χ2v) is 6.57. The Morgan fingerprint density at radius 3 is 2.62 bits per heavy atom. The van der Waals surface area contributed by atoms with Crippen LogP contribution in [0.4, 0.5) is 0 Å². The van der Waals surface area contributed by atoms with Gasteiger partial charge in [-0.15, -0.1) is 0 Å². The van der Waals surface area contributed by atoms with Crippen LogP contribution >= 0.6 is 11.6 Å². The van der Waals surface area contributed by atoms with E-state index in [1.54, 1.807) is 6.20 Å². The third kappa shape index (κ3) is 4.29. The Labute approximate surface area is 158 Å². The Balaban J connectivity index is 1.64. The molecule has 0 unspecified atom stereocenters. The summed E-state index contributed by atoms with van der Waals surface area (Å²) >= 11 is 5.95.